The fourth-order valence-electron chi connectivity index (χ4n) is 4.18. The first kappa shape index (κ1) is 19.2. The number of hydrogen-bond donors (Lipinski definition) is 1. The van der Waals surface area contributed by atoms with E-state index >= 15 is 0 Å². The fourth-order valence-corrected chi connectivity index (χ4v) is 4.18. The number of para-hydroxylation sites is 1. The number of pyridine rings is 1. The molecule has 1 aromatic carbocycles. The van der Waals surface area contributed by atoms with Gasteiger partial charge >= 0.3 is 0 Å². The molecule has 1 amide bonds. The molecule has 6 nitrogen and oxygen atoms in total. The molecular weight excluding hydrogens is 364 g/mol. The molecule has 1 unspecified atom stereocenters. The van der Waals surface area contributed by atoms with Crippen molar-refractivity contribution < 1.29 is 9.53 Å². The Morgan fingerprint density at radius 3 is 2.90 bits per heavy atom. The summed E-state index contributed by atoms with van der Waals surface area (Å²) in [7, 11) is 1.64. The van der Waals surface area contributed by atoms with Crippen LogP contribution in [0.1, 0.15) is 42.1 Å². The predicted octanol–water partition coefficient (Wildman–Crippen LogP) is 4.09. The highest BCUT2D eigenvalue weighted by Gasteiger charge is 2.31. The number of methoxy groups -OCH3 is 1. The van der Waals surface area contributed by atoms with Crippen LogP contribution in [-0.2, 0) is 11.2 Å². The number of benzene rings is 1. The number of aryl methyl sites for hydroxylation is 1. The smallest absolute Gasteiger partial charge is 0.227 e. The van der Waals surface area contributed by atoms with Crippen LogP contribution >= 0.6 is 0 Å². The molecule has 1 fully saturated rings. The van der Waals surface area contributed by atoms with Crippen LogP contribution < -0.4 is 4.74 Å². The number of H-pyrrole nitrogens is 1. The highest BCUT2D eigenvalue weighted by Crippen LogP contribution is 2.37. The number of nitrogens with zero attached hydrogens (tertiary/aromatic N) is 3. The molecule has 0 radical (unpaired) electrons. The van der Waals surface area contributed by atoms with Crippen molar-refractivity contribution in [2.75, 3.05) is 13.7 Å². The van der Waals surface area contributed by atoms with Gasteiger partial charge in [0, 0.05) is 30.1 Å². The maximum Gasteiger partial charge on any atom is 0.227 e. The minimum Gasteiger partial charge on any atom is -0.496 e. The summed E-state index contributed by atoms with van der Waals surface area (Å²) in [5.74, 6) is 0.871. The molecule has 0 spiro atoms. The van der Waals surface area contributed by atoms with E-state index in [4.69, 9.17) is 4.74 Å². The Labute approximate surface area is 170 Å². The van der Waals surface area contributed by atoms with Crippen LogP contribution in [0.3, 0.4) is 0 Å². The third-order valence-corrected chi connectivity index (χ3v) is 5.67. The average Bonchev–Trinajstić information content (AvgIpc) is 3.24. The molecule has 1 saturated heterocycles. The van der Waals surface area contributed by atoms with Gasteiger partial charge in [0.05, 0.1) is 31.5 Å². The van der Waals surface area contributed by atoms with Gasteiger partial charge in [-0.15, -0.1) is 0 Å². The summed E-state index contributed by atoms with van der Waals surface area (Å²) < 4.78 is 5.43. The summed E-state index contributed by atoms with van der Waals surface area (Å²) in [5.41, 5.74) is 5.17. The Kier molecular flexibility index (Phi) is 5.60. The summed E-state index contributed by atoms with van der Waals surface area (Å²) in [4.78, 5) is 19.5. The van der Waals surface area contributed by atoms with Crippen molar-refractivity contribution in [1.29, 1.82) is 0 Å². The first-order valence-electron chi connectivity index (χ1n) is 10.0. The van der Waals surface area contributed by atoms with E-state index in [-0.39, 0.29) is 11.9 Å². The number of aromatic nitrogens is 3. The lowest BCUT2D eigenvalue weighted by molar-refractivity contribution is -0.134. The van der Waals surface area contributed by atoms with E-state index in [2.05, 4.69) is 15.2 Å². The molecule has 0 saturated carbocycles. The topological polar surface area (TPSA) is 71.1 Å². The molecule has 4 rings (SSSR count). The second kappa shape index (κ2) is 8.47. The van der Waals surface area contributed by atoms with Gasteiger partial charge in [0.1, 0.15) is 5.75 Å². The lowest BCUT2D eigenvalue weighted by Gasteiger charge is -2.36. The largest absolute Gasteiger partial charge is 0.496 e. The van der Waals surface area contributed by atoms with Crippen LogP contribution in [0.4, 0.5) is 0 Å². The minimum atomic E-state index is -0.00368. The second-order valence-electron chi connectivity index (χ2n) is 7.48. The normalized spacial score (nSPS) is 16.6. The van der Waals surface area contributed by atoms with Crippen molar-refractivity contribution in [3.05, 3.63) is 65.7 Å². The predicted molar refractivity (Wildman–Crippen MR) is 112 cm³/mol. The quantitative estimate of drug-likeness (QED) is 0.712. The molecule has 6 heteroatoms. The van der Waals surface area contributed by atoms with Gasteiger partial charge in [0.2, 0.25) is 5.91 Å². The molecule has 29 heavy (non-hydrogen) atoms. The van der Waals surface area contributed by atoms with E-state index in [0.29, 0.717) is 6.42 Å². The molecule has 2 aromatic heterocycles. The van der Waals surface area contributed by atoms with Gasteiger partial charge in [-0.25, -0.2) is 0 Å². The van der Waals surface area contributed by atoms with Crippen LogP contribution in [0, 0.1) is 6.92 Å². The third-order valence-electron chi connectivity index (χ3n) is 5.67. The van der Waals surface area contributed by atoms with E-state index in [0.717, 1.165) is 59.5 Å². The number of hydrogen-bond acceptors (Lipinski definition) is 4. The molecule has 1 atom stereocenters. The van der Waals surface area contributed by atoms with Gasteiger partial charge in [0.25, 0.3) is 0 Å². The lowest BCUT2D eigenvalue weighted by Crippen LogP contribution is -2.39. The third kappa shape index (κ3) is 3.88. The summed E-state index contributed by atoms with van der Waals surface area (Å²) in [6.07, 6.45) is 8.88. The van der Waals surface area contributed by atoms with Crippen molar-refractivity contribution in [1.82, 2.24) is 20.1 Å². The molecule has 0 aliphatic carbocycles. The molecule has 1 aliphatic rings. The summed E-state index contributed by atoms with van der Waals surface area (Å²) in [5, 5.41) is 7.50. The number of rotatable bonds is 5. The van der Waals surface area contributed by atoms with Gasteiger partial charge in [-0.05, 0) is 49.4 Å². The molecule has 1 aliphatic heterocycles. The minimum absolute atomic E-state index is 0.00368. The molecule has 150 valence electrons. The SMILES string of the molecule is COc1ccccc1CC(=O)N1CCCCC1c1[nH]ncc1-c1ccncc1C. The number of amides is 1. The summed E-state index contributed by atoms with van der Waals surface area (Å²) >= 11 is 0. The van der Waals surface area contributed by atoms with Crippen molar-refractivity contribution in [2.24, 2.45) is 0 Å². The van der Waals surface area contributed by atoms with Gasteiger partial charge in [-0.3, -0.25) is 14.9 Å². The Morgan fingerprint density at radius 1 is 1.21 bits per heavy atom. The van der Waals surface area contributed by atoms with E-state index < -0.39 is 0 Å². The summed E-state index contributed by atoms with van der Waals surface area (Å²) in [6.45, 7) is 2.80. The number of carbonyl (C=O) groups is 1. The van der Waals surface area contributed by atoms with Crippen molar-refractivity contribution in [3.63, 3.8) is 0 Å². The van der Waals surface area contributed by atoms with E-state index in [1.165, 1.54) is 0 Å². The Balaban J connectivity index is 1.63. The lowest BCUT2D eigenvalue weighted by atomic mass is 9.93. The Hall–Kier alpha value is -3.15. The number of nitrogens with one attached hydrogen (secondary N) is 1. The zero-order valence-corrected chi connectivity index (χ0v) is 16.9. The molecular formula is C23H26N4O2. The van der Waals surface area contributed by atoms with E-state index in [9.17, 15) is 4.79 Å². The van der Waals surface area contributed by atoms with Crippen LogP contribution in [0.25, 0.3) is 11.1 Å². The summed E-state index contributed by atoms with van der Waals surface area (Å²) in [6, 6.07) is 9.72. The van der Waals surface area contributed by atoms with Gasteiger partial charge in [-0.1, -0.05) is 18.2 Å². The number of piperidine rings is 1. The Bertz CT molecular complexity index is 998. The van der Waals surface area contributed by atoms with Crippen molar-refractivity contribution in [2.45, 2.75) is 38.6 Å². The first-order chi connectivity index (χ1) is 14.2. The zero-order chi connectivity index (χ0) is 20.2. The molecule has 3 aromatic rings. The van der Waals surface area contributed by atoms with E-state index in [1.54, 1.807) is 13.3 Å². The van der Waals surface area contributed by atoms with E-state index in [1.807, 2.05) is 54.5 Å². The monoisotopic (exact) mass is 390 g/mol. The average molecular weight is 390 g/mol. The van der Waals surface area contributed by atoms with Crippen LogP contribution in [0.2, 0.25) is 0 Å². The van der Waals surface area contributed by atoms with Crippen LogP contribution in [0.5, 0.6) is 5.75 Å². The number of carbonyl (C=O) groups excluding carboxylic acids is 1. The van der Waals surface area contributed by atoms with Gasteiger partial charge < -0.3 is 9.64 Å². The maximum atomic E-state index is 13.3. The number of likely N-dealkylation sites (tertiary alicyclic amines) is 1. The van der Waals surface area contributed by atoms with Gasteiger partial charge in [-0.2, -0.15) is 5.10 Å². The highest BCUT2D eigenvalue weighted by molar-refractivity contribution is 5.80. The number of aromatic amines is 1. The zero-order valence-electron chi connectivity index (χ0n) is 16.9. The Morgan fingerprint density at radius 2 is 2.07 bits per heavy atom. The van der Waals surface area contributed by atoms with Crippen LogP contribution in [0.15, 0.2) is 48.9 Å². The molecule has 0 bridgehead atoms. The maximum absolute atomic E-state index is 13.3. The standard InChI is InChI=1S/C23H26N4O2/c1-16-14-24-11-10-18(16)19-15-25-26-23(19)20-8-5-6-12-27(20)22(28)13-17-7-3-4-9-21(17)29-2/h3-4,7,9-11,14-15,20H,5-6,8,12-13H2,1-2H3,(H,25,26). The van der Waals surface area contributed by atoms with Gasteiger partial charge in [0.15, 0.2) is 0 Å². The number of ether oxygens (including phenoxy) is 1. The first-order valence-corrected chi connectivity index (χ1v) is 10.0. The van der Waals surface area contributed by atoms with Crippen LogP contribution in [-0.4, -0.2) is 39.6 Å². The van der Waals surface area contributed by atoms with Crippen molar-refractivity contribution >= 4 is 5.91 Å². The second-order valence-corrected chi connectivity index (χ2v) is 7.48. The fraction of sp³-hybridized carbons (Fsp3) is 0.348. The van der Waals surface area contributed by atoms with Crippen molar-refractivity contribution in [3.8, 4) is 16.9 Å². The molecule has 1 N–H and O–H groups in total. The molecule has 3 heterocycles. The highest BCUT2D eigenvalue weighted by atomic mass is 16.5.